The number of hydrogen-bond donors (Lipinski definition) is 0. The summed E-state index contributed by atoms with van der Waals surface area (Å²) < 4.78 is 22.8. The van der Waals surface area contributed by atoms with Crippen molar-refractivity contribution in [3.8, 4) is 0 Å². The lowest BCUT2D eigenvalue weighted by Crippen LogP contribution is -2.44. The molecule has 2 atom stereocenters. The summed E-state index contributed by atoms with van der Waals surface area (Å²) in [7, 11) is 5.92. The second kappa shape index (κ2) is 62.0. The normalized spacial score (nSPS) is 13.4. The molecule has 0 rings (SSSR count). The van der Waals surface area contributed by atoms with Crippen LogP contribution in [0.4, 0.5) is 0 Å². The van der Waals surface area contributed by atoms with E-state index in [9.17, 15) is 19.5 Å². The molecule has 0 saturated carbocycles. The van der Waals surface area contributed by atoms with Crippen LogP contribution in [0.5, 0.6) is 0 Å². The number of carbonyl (C=O) groups excluding carboxylic acids is 3. The monoisotopic (exact) mass is 1130 g/mol. The lowest BCUT2D eigenvalue weighted by atomic mass is 10.0. The number of rotatable bonds is 60. The van der Waals surface area contributed by atoms with E-state index < -0.39 is 24.3 Å². The molecule has 0 radical (unpaired) electrons. The zero-order valence-corrected chi connectivity index (χ0v) is 52.9. The van der Waals surface area contributed by atoms with Gasteiger partial charge in [0.05, 0.1) is 40.3 Å². The molecule has 0 aromatic carbocycles. The maximum atomic E-state index is 12.9. The number of carboxylic acids is 1. The third kappa shape index (κ3) is 63.4. The van der Waals surface area contributed by atoms with Crippen LogP contribution in [0, 0.1) is 0 Å². The number of nitrogens with zero attached hydrogens (tertiary/aromatic N) is 1. The van der Waals surface area contributed by atoms with Crippen molar-refractivity contribution in [2.45, 2.75) is 283 Å². The maximum absolute atomic E-state index is 12.9. The molecule has 81 heavy (non-hydrogen) atoms. The lowest BCUT2D eigenvalue weighted by molar-refractivity contribution is -0.870. The third-order valence-electron chi connectivity index (χ3n) is 14.0. The average Bonchev–Trinajstić information content (AvgIpc) is 3.44. The van der Waals surface area contributed by atoms with Gasteiger partial charge >= 0.3 is 11.9 Å². The van der Waals surface area contributed by atoms with Crippen LogP contribution in [-0.4, -0.2) is 82.3 Å². The first-order valence-electron chi connectivity index (χ1n) is 33.0. The van der Waals surface area contributed by atoms with Crippen LogP contribution in [0.25, 0.3) is 0 Å². The highest BCUT2D eigenvalue weighted by Gasteiger charge is 2.22. The zero-order chi connectivity index (χ0) is 59.1. The van der Waals surface area contributed by atoms with Gasteiger partial charge in [-0.3, -0.25) is 9.59 Å². The summed E-state index contributed by atoms with van der Waals surface area (Å²) in [6, 6.07) is 0. The van der Waals surface area contributed by atoms with Gasteiger partial charge < -0.3 is 33.3 Å². The molecule has 0 aliphatic heterocycles. The number of likely N-dealkylation sites (N-methyl/N-ethyl adjacent to an activating group) is 1. The van der Waals surface area contributed by atoms with E-state index in [1.807, 2.05) is 21.1 Å². The van der Waals surface area contributed by atoms with Crippen molar-refractivity contribution in [3.05, 3.63) is 109 Å². The Kier molecular flexibility index (Phi) is 58.9. The molecular formula is C72H123NO8. The van der Waals surface area contributed by atoms with E-state index in [2.05, 4.69) is 123 Å². The maximum Gasteiger partial charge on any atom is 0.306 e. The second-order valence-electron chi connectivity index (χ2n) is 23.0. The third-order valence-corrected chi connectivity index (χ3v) is 14.0. The molecule has 9 heteroatoms. The topological polar surface area (TPSA) is 111 Å². The number of unbranched alkanes of at least 4 members (excludes halogenated alkanes) is 27. The summed E-state index contributed by atoms with van der Waals surface area (Å²) in [5.74, 6) is -2.29. The molecular weight excluding hydrogens is 1010 g/mol. The number of carbonyl (C=O) groups is 3. The first-order valence-corrected chi connectivity index (χ1v) is 33.0. The summed E-state index contributed by atoms with van der Waals surface area (Å²) in [6.45, 7) is 4.64. The van der Waals surface area contributed by atoms with Crippen molar-refractivity contribution in [1.82, 2.24) is 0 Å². The van der Waals surface area contributed by atoms with E-state index >= 15 is 0 Å². The van der Waals surface area contributed by atoms with Crippen molar-refractivity contribution in [3.63, 3.8) is 0 Å². The molecule has 2 unspecified atom stereocenters. The van der Waals surface area contributed by atoms with Crippen molar-refractivity contribution < 1.29 is 42.9 Å². The summed E-state index contributed by atoms with van der Waals surface area (Å²) in [6.07, 6.45) is 82.9. The molecule has 0 aromatic rings. The fourth-order valence-electron chi connectivity index (χ4n) is 9.00. The van der Waals surface area contributed by atoms with E-state index in [1.165, 1.54) is 135 Å². The molecule has 0 fully saturated rings. The number of aliphatic carboxylic acids is 1. The van der Waals surface area contributed by atoms with Crippen molar-refractivity contribution >= 4 is 17.9 Å². The molecule has 0 aliphatic rings. The Bertz CT molecular complexity index is 1700. The Hall–Kier alpha value is -4.05. The van der Waals surface area contributed by atoms with E-state index in [0.717, 1.165) is 103 Å². The van der Waals surface area contributed by atoms with Gasteiger partial charge in [-0.15, -0.1) is 0 Å². The molecule has 464 valence electrons. The highest BCUT2D eigenvalue weighted by atomic mass is 16.7. The Balaban J connectivity index is 4.21. The highest BCUT2D eigenvalue weighted by Crippen LogP contribution is 2.17. The van der Waals surface area contributed by atoms with Gasteiger partial charge in [-0.05, 0) is 83.5 Å². The average molecular weight is 1130 g/mol. The molecule has 9 nitrogen and oxygen atoms in total. The van der Waals surface area contributed by atoms with Crippen molar-refractivity contribution in [2.24, 2.45) is 0 Å². The minimum atomic E-state index is -1.63. The van der Waals surface area contributed by atoms with Crippen LogP contribution in [-0.2, 0) is 33.3 Å². The van der Waals surface area contributed by atoms with Gasteiger partial charge in [-0.25, -0.2) is 0 Å². The summed E-state index contributed by atoms with van der Waals surface area (Å²) in [5.41, 5.74) is 0. The predicted octanol–water partition coefficient (Wildman–Crippen LogP) is 18.9. The molecule has 0 N–H and O–H groups in total. The summed E-state index contributed by atoms with van der Waals surface area (Å²) in [4.78, 5) is 37.4. The smallest absolute Gasteiger partial charge is 0.306 e. The number of hydrogen-bond acceptors (Lipinski definition) is 8. The Morgan fingerprint density at radius 1 is 0.383 bits per heavy atom. The minimum absolute atomic E-state index is 0.142. The van der Waals surface area contributed by atoms with Gasteiger partial charge in [0.15, 0.2) is 12.4 Å². The first kappa shape index (κ1) is 77.0. The molecule has 0 aromatic heterocycles. The Morgan fingerprint density at radius 2 is 0.704 bits per heavy atom. The van der Waals surface area contributed by atoms with E-state index in [1.54, 1.807) is 0 Å². The largest absolute Gasteiger partial charge is 0.545 e. The number of carboxylic acid groups (broad SMARTS) is 1. The molecule has 0 bridgehead atoms. The van der Waals surface area contributed by atoms with E-state index in [4.69, 9.17) is 18.9 Å². The minimum Gasteiger partial charge on any atom is -0.545 e. The number of esters is 2. The quantitative estimate of drug-likeness (QED) is 0.0195. The van der Waals surface area contributed by atoms with Crippen LogP contribution in [0.2, 0.25) is 0 Å². The van der Waals surface area contributed by atoms with Crippen molar-refractivity contribution in [2.75, 3.05) is 47.5 Å². The highest BCUT2D eigenvalue weighted by molar-refractivity contribution is 5.70. The van der Waals surface area contributed by atoms with Gasteiger partial charge in [0.25, 0.3) is 0 Å². The molecule has 0 heterocycles. The molecule has 0 saturated heterocycles. The Labute approximate surface area is 498 Å². The Morgan fingerprint density at radius 3 is 1.05 bits per heavy atom. The summed E-state index contributed by atoms with van der Waals surface area (Å²) in [5, 5.41) is 11.8. The van der Waals surface area contributed by atoms with Crippen LogP contribution < -0.4 is 5.11 Å². The molecule has 0 spiro atoms. The van der Waals surface area contributed by atoms with E-state index in [0.29, 0.717) is 17.4 Å². The first-order chi connectivity index (χ1) is 39.6. The van der Waals surface area contributed by atoms with Crippen LogP contribution in [0.1, 0.15) is 271 Å². The number of allylic oxidation sites excluding steroid dienone is 18. The van der Waals surface area contributed by atoms with Crippen LogP contribution in [0.15, 0.2) is 109 Å². The van der Waals surface area contributed by atoms with Crippen molar-refractivity contribution in [1.29, 1.82) is 0 Å². The van der Waals surface area contributed by atoms with Gasteiger partial charge in [0.2, 0.25) is 0 Å². The fourth-order valence-corrected chi connectivity index (χ4v) is 9.00. The zero-order valence-electron chi connectivity index (χ0n) is 52.9. The summed E-state index contributed by atoms with van der Waals surface area (Å²) >= 11 is 0. The second-order valence-corrected chi connectivity index (χ2v) is 23.0. The van der Waals surface area contributed by atoms with Gasteiger partial charge in [-0.2, -0.15) is 0 Å². The number of ether oxygens (including phenoxy) is 4. The van der Waals surface area contributed by atoms with Crippen LogP contribution in [0.3, 0.4) is 0 Å². The SMILES string of the molecule is CC/C=C\C/C=C\C/C=C\C/C=C\C/C=C\C/C=C\C/C=C\C/C=C\C/C=C\CCCCCCCCCC(=O)OC(COC(=O)CCCCCCCCCCCCCCCCCCCCCCC)COC(OCC[N+](C)(C)C)C(=O)[O-]. The standard InChI is InChI=1S/C72H123NO8/c1-6-8-10-12-14-16-18-20-22-24-26-28-29-30-31-32-33-34-35-36-37-38-39-40-41-43-45-47-49-51-53-55-57-59-61-63-70(75)81-68(67-80-72(71(76)77)78-65-64-73(3,4)5)66-79-69(74)62-60-58-56-54-52-50-48-46-44-42-27-25-23-21-19-17-15-13-11-9-7-2/h8,10,14,16,20,22,26,28,30-31,33-34,36-37,39-40,43,45,68,72H,6-7,9,11-13,15,17-19,21,23-25,27,29,32,35,38,41-42,44,46-67H2,1-5H3/b10-8-,16-14-,22-20-,28-26-,31-30-,34-33-,37-36-,40-39-,45-43-. The fraction of sp³-hybridized carbons (Fsp3) is 0.708. The molecule has 0 aliphatic carbocycles. The lowest BCUT2D eigenvalue weighted by Gasteiger charge is -2.26. The van der Waals surface area contributed by atoms with E-state index in [-0.39, 0.29) is 38.6 Å². The van der Waals surface area contributed by atoms with Gasteiger partial charge in [0.1, 0.15) is 13.2 Å². The van der Waals surface area contributed by atoms with Crippen LogP contribution >= 0.6 is 0 Å². The predicted molar refractivity (Wildman–Crippen MR) is 343 cm³/mol. The van der Waals surface area contributed by atoms with Gasteiger partial charge in [-0.1, -0.05) is 284 Å². The number of quaternary nitrogens is 1. The van der Waals surface area contributed by atoms with Gasteiger partial charge in [0, 0.05) is 12.8 Å². The molecule has 0 amide bonds.